The van der Waals surface area contributed by atoms with Gasteiger partial charge in [0.1, 0.15) is 11.5 Å². The number of pyridine rings is 2. The molecule has 30 heavy (non-hydrogen) atoms. The summed E-state index contributed by atoms with van der Waals surface area (Å²) in [4.78, 5) is 9.00. The number of hydrogen-bond donors (Lipinski definition) is 3. The second-order valence-corrected chi connectivity index (χ2v) is 6.71. The Hall–Kier alpha value is -4.27. The van der Waals surface area contributed by atoms with E-state index in [9.17, 15) is 0 Å². The molecule has 4 N–H and O–H groups in total. The molecule has 5 rings (SSSR count). The van der Waals surface area contributed by atoms with Crippen molar-refractivity contribution in [2.45, 2.75) is 0 Å². The highest BCUT2D eigenvalue weighted by Crippen LogP contribution is 2.28. The second kappa shape index (κ2) is 6.96. The van der Waals surface area contributed by atoms with E-state index in [2.05, 4.69) is 25.5 Å². The Labute approximate surface area is 171 Å². The van der Waals surface area contributed by atoms with Gasteiger partial charge in [-0.15, -0.1) is 0 Å². The van der Waals surface area contributed by atoms with E-state index in [-0.39, 0.29) is 0 Å². The smallest absolute Gasteiger partial charge is 0.258 e. The van der Waals surface area contributed by atoms with E-state index in [1.807, 2.05) is 53.2 Å². The van der Waals surface area contributed by atoms with Crippen molar-refractivity contribution >= 4 is 34.0 Å². The van der Waals surface area contributed by atoms with E-state index in [0.717, 1.165) is 27.7 Å². The highest BCUT2D eigenvalue weighted by atomic mass is 16.5. The lowest BCUT2D eigenvalue weighted by atomic mass is 10.1. The molecule has 0 saturated heterocycles. The highest BCUT2D eigenvalue weighted by Gasteiger charge is 2.10. The summed E-state index contributed by atoms with van der Waals surface area (Å²) in [5.41, 5.74) is 9.67. The number of fused-ring (bicyclic) bond motifs is 2. The van der Waals surface area contributed by atoms with Gasteiger partial charge >= 0.3 is 0 Å². The molecule has 0 spiro atoms. The van der Waals surface area contributed by atoms with Crippen molar-refractivity contribution in [1.82, 2.24) is 24.6 Å². The number of H-pyrrole nitrogens is 1. The van der Waals surface area contributed by atoms with E-state index in [1.54, 1.807) is 20.3 Å². The monoisotopic (exact) mass is 401 g/mol. The molecule has 0 aliphatic carbocycles. The number of rotatable bonds is 5. The third-order valence-electron chi connectivity index (χ3n) is 4.87. The van der Waals surface area contributed by atoms with E-state index in [4.69, 9.17) is 15.2 Å². The van der Waals surface area contributed by atoms with E-state index >= 15 is 0 Å². The minimum absolute atomic E-state index is 0.406. The van der Waals surface area contributed by atoms with Gasteiger partial charge in [-0.05, 0) is 47.5 Å². The summed E-state index contributed by atoms with van der Waals surface area (Å²) in [6.45, 7) is 0. The quantitative estimate of drug-likeness (QED) is 0.412. The fourth-order valence-corrected chi connectivity index (χ4v) is 3.37. The van der Waals surface area contributed by atoms with Crippen molar-refractivity contribution in [2.24, 2.45) is 0 Å². The number of methoxy groups -OCH3 is 2. The third-order valence-corrected chi connectivity index (χ3v) is 4.87. The highest BCUT2D eigenvalue weighted by molar-refractivity contribution is 5.91. The number of anilines is 3. The van der Waals surface area contributed by atoms with Crippen LogP contribution in [0.1, 0.15) is 0 Å². The minimum Gasteiger partial charge on any atom is -0.491 e. The van der Waals surface area contributed by atoms with Crippen LogP contribution in [0.5, 0.6) is 11.6 Å². The van der Waals surface area contributed by atoms with E-state index in [0.29, 0.717) is 29.1 Å². The molecule has 9 nitrogen and oxygen atoms in total. The number of nitrogens with two attached hydrogens (primary N) is 1. The normalized spacial score (nSPS) is 11.1. The maximum atomic E-state index is 5.86. The van der Waals surface area contributed by atoms with Crippen LogP contribution in [-0.2, 0) is 0 Å². The standard InChI is InChI=1S/C21H19N7O2/c1-29-16-6-7-17(25-21(16)30-2)23-18-11-28-10-13(4-8-19(28)24-18)12-3-5-14-15(9-12)26-27-20(14)22/h3-11H,1-2H3,(H,23,25)(H3,22,26,27). The molecule has 150 valence electrons. The summed E-state index contributed by atoms with van der Waals surface area (Å²) in [5, 5.41) is 11.1. The summed E-state index contributed by atoms with van der Waals surface area (Å²) in [6.07, 6.45) is 3.93. The first-order chi connectivity index (χ1) is 14.6. The van der Waals surface area contributed by atoms with Gasteiger partial charge in [0, 0.05) is 11.6 Å². The number of benzene rings is 1. The van der Waals surface area contributed by atoms with Gasteiger partial charge < -0.3 is 24.9 Å². The average Bonchev–Trinajstić information content (AvgIpc) is 3.35. The summed E-state index contributed by atoms with van der Waals surface area (Å²) in [5.74, 6) is 2.75. The van der Waals surface area contributed by atoms with Gasteiger partial charge in [-0.1, -0.05) is 6.07 Å². The summed E-state index contributed by atoms with van der Waals surface area (Å²) in [7, 11) is 3.13. The number of ether oxygens (including phenoxy) is 2. The number of nitrogens with one attached hydrogen (secondary N) is 2. The predicted octanol–water partition coefficient (Wildman–Crippen LogP) is 3.62. The molecule has 0 bridgehead atoms. The Kier molecular flexibility index (Phi) is 4.13. The number of imidazole rings is 1. The topological polar surface area (TPSA) is 115 Å². The van der Waals surface area contributed by atoms with Crippen LogP contribution in [0, 0.1) is 0 Å². The first-order valence-corrected chi connectivity index (χ1v) is 9.23. The van der Waals surface area contributed by atoms with Crippen LogP contribution in [0.15, 0.2) is 54.9 Å². The third kappa shape index (κ3) is 3.02. The SMILES string of the molecule is COc1ccc(Nc2cn3cc(-c4ccc5c(N)n[nH]c5c4)ccc3n2)nc1OC. The van der Waals surface area contributed by atoms with E-state index in [1.165, 1.54) is 0 Å². The molecule has 5 aromatic rings. The molecule has 0 unspecified atom stereocenters. The maximum absolute atomic E-state index is 5.86. The Morgan fingerprint density at radius 1 is 0.933 bits per heavy atom. The van der Waals surface area contributed by atoms with Crippen LogP contribution in [0.3, 0.4) is 0 Å². The van der Waals surface area contributed by atoms with Crippen molar-refractivity contribution in [3.8, 4) is 22.8 Å². The van der Waals surface area contributed by atoms with Crippen molar-refractivity contribution in [3.05, 3.63) is 54.9 Å². The van der Waals surface area contributed by atoms with Gasteiger partial charge in [-0.2, -0.15) is 10.1 Å². The van der Waals surface area contributed by atoms with Gasteiger partial charge in [0.15, 0.2) is 17.4 Å². The van der Waals surface area contributed by atoms with Crippen LogP contribution in [-0.4, -0.2) is 38.8 Å². The van der Waals surface area contributed by atoms with Crippen molar-refractivity contribution < 1.29 is 9.47 Å². The fourth-order valence-electron chi connectivity index (χ4n) is 3.37. The van der Waals surface area contributed by atoms with Gasteiger partial charge in [-0.25, -0.2) is 4.98 Å². The van der Waals surface area contributed by atoms with Crippen LogP contribution in [0.4, 0.5) is 17.5 Å². The van der Waals surface area contributed by atoms with Crippen molar-refractivity contribution in [3.63, 3.8) is 0 Å². The zero-order valence-corrected chi connectivity index (χ0v) is 16.4. The average molecular weight is 401 g/mol. The van der Waals surface area contributed by atoms with Gasteiger partial charge in [0.2, 0.25) is 0 Å². The zero-order valence-electron chi connectivity index (χ0n) is 16.4. The minimum atomic E-state index is 0.406. The largest absolute Gasteiger partial charge is 0.491 e. The summed E-state index contributed by atoms with van der Waals surface area (Å²) in [6, 6.07) is 13.6. The molecule has 4 aromatic heterocycles. The van der Waals surface area contributed by atoms with Gasteiger partial charge in [0.05, 0.1) is 25.9 Å². The Morgan fingerprint density at radius 3 is 2.63 bits per heavy atom. The lowest BCUT2D eigenvalue weighted by Gasteiger charge is -2.08. The number of aromatic amines is 1. The van der Waals surface area contributed by atoms with Crippen LogP contribution < -0.4 is 20.5 Å². The first-order valence-electron chi connectivity index (χ1n) is 9.23. The van der Waals surface area contributed by atoms with Crippen LogP contribution in [0.2, 0.25) is 0 Å². The van der Waals surface area contributed by atoms with Crippen molar-refractivity contribution in [1.29, 1.82) is 0 Å². The number of nitrogens with zero attached hydrogens (tertiary/aromatic N) is 4. The molecule has 0 saturated carbocycles. The molecular weight excluding hydrogens is 382 g/mol. The fraction of sp³-hybridized carbons (Fsp3) is 0.0952. The Balaban J connectivity index is 1.46. The molecule has 0 fully saturated rings. The molecule has 9 heteroatoms. The Morgan fingerprint density at radius 2 is 1.80 bits per heavy atom. The molecule has 4 heterocycles. The Bertz CT molecular complexity index is 1370. The molecule has 0 atom stereocenters. The summed E-state index contributed by atoms with van der Waals surface area (Å²) < 4.78 is 12.4. The zero-order chi connectivity index (χ0) is 20.7. The van der Waals surface area contributed by atoms with Crippen molar-refractivity contribution in [2.75, 3.05) is 25.3 Å². The van der Waals surface area contributed by atoms with Gasteiger partial charge in [-0.3, -0.25) is 5.10 Å². The molecule has 1 aromatic carbocycles. The summed E-state index contributed by atoms with van der Waals surface area (Å²) >= 11 is 0. The predicted molar refractivity (Wildman–Crippen MR) is 115 cm³/mol. The van der Waals surface area contributed by atoms with E-state index < -0.39 is 0 Å². The van der Waals surface area contributed by atoms with Gasteiger partial charge in [0.25, 0.3) is 5.88 Å². The molecule has 0 radical (unpaired) electrons. The maximum Gasteiger partial charge on any atom is 0.258 e. The lowest BCUT2D eigenvalue weighted by molar-refractivity contribution is 0.343. The lowest BCUT2D eigenvalue weighted by Crippen LogP contribution is -1.98. The second-order valence-electron chi connectivity index (χ2n) is 6.71. The molecule has 0 aliphatic rings. The molecule has 0 aliphatic heterocycles. The number of nitrogen functional groups attached to an aromatic ring is 1. The number of aromatic nitrogens is 5. The van der Waals surface area contributed by atoms with Crippen LogP contribution >= 0.6 is 0 Å². The van der Waals surface area contributed by atoms with Crippen LogP contribution in [0.25, 0.3) is 27.7 Å². The number of hydrogen-bond acceptors (Lipinski definition) is 7. The molecule has 0 amide bonds. The first kappa shape index (κ1) is 17.8. The molecular formula is C21H19N7O2.